The molecule has 0 spiro atoms. The maximum atomic E-state index is 14.7. The molecule has 0 saturated carbocycles. The van der Waals surface area contributed by atoms with Crippen molar-refractivity contribution >= 4 is 35.4 Å². The van der Waals surface area contributed by atoms with E-state index in [4.69, 9.17) is 11.6 Å². The highest BCUT2D eigenvalue weighted by molar-refractivity contribution is 6.30. The summed E-state index contributed by atoms with van der Waals surface area (Å²) < 4.78 is 20.7. The Kier molecular flexibility index (Phi) is 9.08. The van der Waals surface area contributed by atoms with Crippen molar-refractivity contribution in [3.05, 3.63) is 119 Å². The smallest absolute Gasteiger partial charge is 0.411 e. The van der Waals surface area contributed by atoms with Crippen molar-refractivity contribution in [2.75, 3.05) is 12.4 Å². The molecule has 0 bridgehead atoms. The number of anilines is 1. The number of carbonyl (C=O) groups excluding carboxylic acids is 2. The second-order valence-corrected chi connectivity index (χ2v) is 9.66. The van der Waals surface area contributed by atoms with E-state index in [-0.39, 0.29) is 11.6 Å². The first-order valence-corrected chi connectivity index (χ1v) is 13.3. The lowest BCUT2D eigenvalue weighted by atomic mass is 10.00. The van der Waals surface area contributed by atoms with Crippen molar-refractivity contribution in [2.24, 2.45) is 0 Å². The molecule has 2 aromatic heterocycles. The zero-order valence-electron chi connectivity index (χ0n) is 22.7. The first kappa shape index (κ1) is 29.0. The maximum absolute atomic E-state index is 14.7. The zero-order chi connectivity index (χ0) is 30.2. The molecule has 43 heavy (non-hydrogen) atoms. The molecule has 13 heteroatoms. The molecule has 1 unspecified atom stereocenters. The number of nitrogens with zero attached hydrogens (tertiary/aromatic N) is 6. The van der Waals surface area contributed by atoms with Gasteiger partial charge in [0, 0.05) is 22.2 Å². The molecule has 0 aliphatic heterocycles. The summed E-state index contributed by atoms with van der Waals surface area (Å²) >= 11 is 6.20. The zero-order valence-corrected chi connectivity index (χ0v) is 23.4. The molecule has 2 heterocycles. The lowest BCUT2D eigenvalue weighted by molar-refractivity contribution is -0.117. The van der Waals surface area contributed by atoms with Gasteiger partial charge in [0.2, 0.25) is 5.91 Å². The molecule has 11 nitrogen and oxygen atoms in total. The molecule has 0 saturated heterocycles. The number of amides is 2. The highest BCUT2D eigenvalue weighted by Gasteiger charge is 2.18. The number of hydrogen-bond donors (Lipinski definition) is 2. The number of nitrogens with one attached hydrogen (secondary N) is 2. The molecule has 0 radical (unpaired) electrons. The fraction of sp³-hybridized carbons (Fsp3) is 0.100. The normalized spacial score (nSPS) is 11.7. The van der Waals surface area contributed by atoms with Crippen LogP contribution in [0.3, 0.4) is 0 Å². The van der Waals surface area contributed by atoms with Crippen LogP contribution in [0.25, 0.3) is 22.9 Å². The van der Waals surface area contributed by atoms with E-state index in [1.165, 1.54) is 42.5 Å². The van der Waals surface area contributed by atoms with Crippen molar-refractivity contribution in [1.29, 1.82) is 0 Å². The summed E-state index contributed by atoms with van der Waals surface area (Å²) in [6, 6.07) is 20.2. The van der Waals surface area contributed by atoms with Crippen LogP contribution in [-0.4, -0.2) is 49.5 Å². The fourth-order valence-corrected chi connectivity index (χ4v) is 4.45. The van der Waals surface area contributed by atoms with Crippen LogP contribution in [-0.2, 0) is 16.0 Å². The Morgan fingerprint density at radius 3 is 2.63 bits per heavy atom. The van der Waals surface area contributed by atoms with Gasteiger partial charge in [0.15, 0.2) is 0 Å². The van der Waals surface area contributed by atoms with Crippen molar-refractivity contribution < 1.29 is 18.7 Å². The van der Waals surface area contributed by atoms with E-state index in [9.17, 15) is 14.0 Å². The largest absolute Gasteiger partial charge is 0.453 e. The average molecular weight is 599 g/mol. The number of aromatic nitrogens is 6. The summed E-state index contributed by atoms with van der Waals surface area (Å²) in [4.78, 5) is 24.7. The summed E-state index contributed by atoms with van der Waals surface area (Å²) in [7, 11) is 1.19. The third-order valence-corrected chi connectivity index (χ3v) is 6.59. The van der Waals surface area contributed by atoms with Crippen molar-refractivity contribution in [3.63, 3.8) is 0 Å². The maximum Gasteiger partial charge on any atom is 0.411 e. The number of carbonyl (C=O) groups is 2. The number of rotatable bonds is 9. The van der Waals surface area contributed by atoms with E-state index in [2.05, 4.69) is 41.1 Å². The van der Waals surface area contributed by atoms with Crippen molar-refractivity contribution in [1.82, 2.24) is 35.7 Å². The standard InChI is InChI=1S/C30H24ClFN8O3/c1-43-30(42)36-25-10-7-20(15-24(25)32)22-16-27(37-33-17-22)26(13-19-5-3-2-4-6-19)35-29(41)12-8-21-14-23(31)9-11-28(21)40-18-34-38-39-40/h2-12,14-18,26H,13H2,1H3,(H,35,41)(H,36,42)/b12-8+. The summed E-state index contributed by atoms with van der Waals surface area (Å²) in [6.45, 7) is 0. The minimum absolute atomic E-state index is 0.0261. The lowest BCUT2D eigenvalue weighted by Gasteiger charge is -2.18. The summed E-state index contributed by atoms with van der Waals surface area (Å²) in [5.74, 6) is -1.04. The van der Waals surface area contributed by atoms with Gasteiger partial charge < -0.3 is 10.1 Å². The van der Waals surface area contributed by atoms with Crippen LogP contribution in [0.4, 0.5) is 14.9 Å². The molecule has 0 aliphatic rings. The van der Waals surface area contributed by atoms with Crippen LogP contribution in [0.2, 0.25) is 5.02 Å². The third-order valence-electron chi connectivity index (χ3n) is 6.35. The Morgan fingerprint density at radius 2 is 1.88 bits per heavy atom. The van der Waals surface area contributed by atoms with Gasteiger partial charge in [0.05, 0.1) is 36.4 Å². The molecular formula is C30H24ClFN8O3. The number of hydrogen-bond acceptors (Lipinski definition) is 8. The molecule has 5 aromatic rings. The Bertz CT molecular complexity index is 1770. The molecule has 3 aromatic carbocycles. The molecule has 0 fully saturated rings. The molecule has 2 N–H and O–H groups in total. The van der Waals surface area contributed by atoms with Crippen LogP contribution in [0.1, 0.15) is 22.9 Å². The number of tetrazole rings is 1. The highest BCUT2D eigenvalue weighted by Crippen LogP contribution is 2.27. The Balaban J connectivity index is 1.41. The van der Waals surface area contributed by atoms with Crippen LogP contribution >= 0.6 is 11.6 Å². The van der Waals surface area contributed by atoms with E-state index in [1.807, 2.05) is 30.3 Å². The predicted octanol–water partition coefficient (Wildman–Crippen LogP) is 5.20. The fourth-order valence-electron chi connectivity index (χ4n) is 4.27. The van der Waals surface area contributed by atoms with Crippen LogP contribution in [0.15, 0.2) is 91.4 Å². The van der Waals surface area contributed by atoms with Gasteiger partial charge in [0.25, 0.3) is 0 Å². The number of methoxy groups -OCH3 is 1. The molecule has 1 atom stereocenters. The van der Waals surface area contributed by atoms with Gasteiger partial charge in [-0.1, -0.05) is 48.0 Å². The summed E-state index contributed by atoms with van der Waals surface area (Å²) in [5, 5.41) is 25.5. The van der Waals surface area contributed by atoms with Crippen LogP contribution < -0.4 is 10.6 Å². The second-order valence-electron chi connectivity index (χ2n) is 9.22. The molecule has 5 rings (SSSR count). The quantitative estimate of drug-likeness (QED) is 0.221. The van der Waals surface area contributed by atoms with E-state index in [0.717, 1.165) is 5.56 Å². The number of ether oxygens (including phenoxy) is 1. The topological polar surface area (TPSA) is 137 Å². The number of halogens is 2. The van der Waals surface area contributed by atoms with Gasteiger partial charge in [-0.3, -0.25) is 10.1 Å². The van der Waals surface area contributed by atoms with Gasteiger partial charge in [-0.25, -0.2) is 9.18 Å². The average Bonchev–Trinajstić information content (AvgIpc) is 3.56. The Morgan fingerprint density at radius 1 is 1.05 bits per heavy atom. The predicted molar refractivity (Wildman–Crippen MR) is 158 cm³/mol. The van der Waals surface area contributed by atoms with Gasteiger partial charge in [-0.15, -0.1) is 5.10 Å². The van der Waals surface area contributed by atoms with Crippen LogP contribution in [0.5, 0.6) is 0 Å². The van der Waals surface area contributed by atoms with Gasteiger partial charge in [-0.05, 0) is 70.4 Å². The van der Waals surface area contributed by atoms with E-state index in [0.29, 0.717) is 39.5 Å². The third kappa shape index (κ3) is 7.43. The summed E-state index contributed by atoms with van der Waals surface area (Å²) in [5.41, 5.74) is 3.75. The van der Waals surface area contributed by atoms with E-state index < -0.39 is 18.0 Å². The molecule has 0 aliphatic carbocycles. The molecular weight excluding hydrogens is 575 g/mol. The Labute approximate surface area is 250 Å². The summed E-state index contributed by atoms with van der Waals surface area (Å²) in [6.07, 6.45) is 5.57. The van der Waals surface area contributed by atoms with Crippen molar-refractivity contribution in [2.45, 2.75) is 12.5 Å². The first-order valence-electron chi connectivity index (χ1n) is 12.9. The van der Waals surface area contributed by atoms with Crippen LogP contribution in [0, 0.1) is 5.82 Å². The lowest BCUT2D eigenvalue weighted by Crippen LogP contribution is -2.29. The minimum Gasteiger partial charge on any atom is -0.453 e. The van der Waals surface area contributed by atoms with Gasteiger partial charge in [0.1, 0.15) is 12.1 Å². The first-order chi connectivity index (χ1) is 20.9. The second kappa shape index (κ2) is 13.4. The SMILES string of the molecule is COC(=O)Nc1ccc(-c2cnnc(C(Cc3ccccc3)NC(=O)/C=C/c3cc(Cl)ccc3-n3cnnn3)c2)cc1F. The van der Waals surface area contributed by atoms with Gasteiger partial charge in [-0.2, -0.15) is 14.9 Å². The number of benzene rings is 3. The van der Waals surface area contributed by atoms with Gasteiger partial charge >= 0.3 is 6.09 Å². The van der Waals surface area contributed by atoms with Crippen molar-refractivity contribution in [3.8, 4) is 16.8 Å². The van der Waals surface area contributed by atoms with E-state index in [1.54, 1.807) is 36.4 Å². The van der Waals surface area contributed by atoms with E-state index >= 15 is 0 Å². The minimum atomic E-state index is -0.782. The molecule has 2 amide bonds. The monoisotopic (exact) mass is 598 g/mol. The highest BCUT2D eigenvalue weighted by atomic mass is 35.5. The Hall–Kier alpha value is -5.49. The molecule has 216 valence electrons.